The van der Waals surface area contributed by atoms with Crippen LogP contribution in [0.15, 0.2) is 24.3 Å². The first-order chi connectivity index (χ1) is 11.0. The van der Waals surface area contributed by atoms with Crippen LogP contribution in [0.3, 0.4) is 0 Å². The zero-order chi connectivity index (χ0) is 16.4. The Morgan fingerprint density at radius 3 is 2.17 bits per heavy atom. The van der Waals surface area contributed by atoms with Crippen LogP contribution in [0.25, 0.3) is 0 Å². The summed E-state index contributed by atoms with van der Waals surface area (Å²) in [5.74, 6) is -1.77. The summed E-state index contributed by atoms with van der Waals surface area (Å²) in [5.41, 5.74) is -0.173. The second-order valence-corrected chi connectivity index (χ2v) is 5.91. The van der Waals surface area contributed by atoms with E-state index in [9.17, 15) is 14.4 Å². The lowest BCUT2D eigenvalue weighted by Crippen LogP contribution is -2.31. The van der Waals surface area contributed by atoms with Gasteiger partial charge in [-0.2, -0.15) is 0 Å². The van der Waals surface area contributed by atoms with Crippen molar-refractivity contribution < 1.29 is 24.2 Å². The van der Waals surface area contributed by atoms with Crippen molar-refractivity contribution in [2.45, 2.75) is 31.8 Å². The number of rotatable bonds is 5. The SMILES string of the molecule is O=C(Nc1ccc(NC(=O)C2(C(=O)O)CC2)cc1)[C@@H]1CCCO1. The summed E-state index contributed by atoms with van der Waals surface area (Å²) in [6.45, 7) is 0.606. The first kappa shape index (κ1) is 15.5. The van der Waals surface area contributed by atoms with Crippen LogP contribution in [0.5, 0.6) is 0 Å². The molecule has 1 aromatic carbocycles. The summed E-state index contributed by atoms with van der Waals surface area (Å²) < 4.78 is 5.31. The number of carbonyl (C=O) groups excluding carboxylic acids is 2. The number of carboxylic acid groups (broad SMARTS) is 1. The molecule has 0 spiro atoms. The highest BCUT2D eigenvalue weighted by Gasteiger charge is 2.57. The fourth-order valence-corrected chi connectivity index (χ4v) is 2.56. The van der Waals surface area contributed by atoms with Crippen molar-refractivity contribution in [3.8, 4) is 0 Å². The molecule has 7 nitrogen and oxygen atoms in total. The minimum atomic E-state index is -1.27. The van der Waals surface area contributed by atoms with Gasteiger partial charge in [-0.25, -0.2) is 0 Å². The Morgan fingerprint density at radius 2 is 1.70 bits per heavy atom. The average Bonchev–Trinajstić information content (AvgIpc) is 3.17. The highest BCUT2D eigenvalue weighted by atomic mass is 16.5. The fraction of sp³-hybridized carbons (Fsp3) is 0.438. The molecule has 3 rings (SSSR count). The van der Waals surface area contributed by atoms with Gasteiger partial charge in [-0.05, 0) is 49.9 Å². The second kappa shape index (κ2) is 6.00. The van der Waals surface area contributed by atoms with Gasteiger partial charge in [0.25, 0.3) is 5.91 Å². The Kier molecular flexibility index (Phi) is 4.04. The number of anilines is 2. The van der Waals surface area contributed by atoms with E-state index in [-0.39, 0.29) is 5.91 Å². The Balaban J connectivity index is 1.58. The largest absolute Gasteiger partial charge is 0.480 e. The van der Waals surface area contributed by atoms with Gasteiger partial charge in [0.1, 0.15) is 11.5 Å². The molecule has 122 valence electrons. The van der Waals surface area contributed by atoms with Gasteiger partial charge in [0.05, 0.1) is 0 Å². The van der Waals surface area contributed by atoms with Crippen molar-refractivity contribution in [3.05, 3.63) is 24.3 Å². The van der Waals surface area contributed by atoms with E-state index in [4.69, 9.17) is 9.84 Å². The lowest BCUT2D eigenvalue weighted by atomic mass is 10.1. The zero-order valence-corrected chi connectivity index (χ0v) is 12.5. The highest BCUT2D eigenvalue weighted by Crippen LogP contribution is 2.46. The molecule has 1 saturated heterocycles. The number of amides is 2. The summed E-state index contributed by atoms with van der Waals surface area (Å²) in [4.78, 5) is 35.0. The molecule has 1 saturated carbocycles. The van der Waals surface area contributed by atoms with E-state index < -0.39 is 23.4 Å². The van der Waals surface area contributed by atoms with Crippen molar-refractivity contribution in [1.82, 2.24) is 0 Å². The normalized spacial score (nSPS) is 21.5. The number of benzene rings is 1. The van der Waals surface area contributed by atoms with E-state index in [0.717, 1.165) is 12.8 Å². The summed E-state index contributed by atoms with van der Waals surface area (Å²) in [7, 11) is 0. The maximum absolute atomic E-state index is 12.0. The molecule has 23 heavy (non-hydrogen) atoms. The maximum Gasteiger partial charge on any atom is 0.319 e. The third-order valence-electron chi connectivity index (χ3n) is 4.23. The predicted octanol–water partition coefficient (Wildman–Crippen LogP) is 1.61. The number of ether oxygens (including phenoxy) is 1. The molecule has 3 N–H and O–H groups in total. The van der Waals surface area contributed by atoms with Gasteiger partial charge in [0, 0.05) is 18.0 Å². The lowest BCUT2D eigenvalue weighted by Gasteiger charge is -2.12. The van der Waals surface area contributed by atoms with Crippen molar-refractivity contribution in [2.24, 2.45) is 5.41 Å². The van der Waals surface area contributed by atoms with Crippen molar-refractivity contribution in [2.75, 3.05) is 17.2 Å². The molecule has 1 heterocycles. The smallest absolute Gasteiger partial charge is 0.319 e. The summed E-state index contributed by atoms with van der Waals surface area (Å²) >= 11 is 0. The molecule has 2 aliphatic rings. The van der Waals surface area contributed by atoms with Gasteiger partial charge in [-0.15, -0.1) is 0 Å². The van der Waals surface area contributed by atoms with E-state index in [1.165, 1.54) is 0 Å². The number of carboxylic acids is 1. The third-order valence-corrected chi connectivity index (χ3v) is 4.23. The number of hydrogen-bond acceptors (Lipinski definition) is 4. The Hall–Kier alpha value is -2.41. The van der Waals surface area contributed by atoms with E-state index in [1.54, 1.807) is 24.3 Å². The van der Waals surface area contributed by atoms with Gasteiger partial charge in [-0.1, -0.05) is 0 Å². The molecule has 7 heteroatoms. The number of aliphatic carboxylic acids is 1. The van der Waals surface area contributed by atoms with Gasteiger partial charge in [-0.3, -0.25) is 14.4 Å². The molecule has 2 fully saturated rings. The molecule has 2 amide bonds. The first-order valence-electron chi connectivity index (χ1n) is 7.59. The van der Waals surface area contributed by atoms with Crippen LogP contribution in [0.2, 0.25) is 0 Å². The number of hydrogen-bond donors (Lipinski definition) is 3. The van der Waals surface area contributed by atoms with Crippen LogP contribution in [-0.4, -0.2) is 35.6 Å². The van der Waals surface area contributed by atoms with Crippen LogP contribution in [0.4, 0.5) is 11.4 Å². The molecular formula is C16H18N2O5. The van der Waals surface area contributed by atoms with Crippen molar-refractivity contribution in [3.63, 3.8) is 0 Å². The topological polar surface area (TPSA) is 105 Å². The van der Waals surface area contributed by atoms with E-state index in [0.29, 0.717) is 30.8 Å². The second-order valence-electron chi connectivity index (χ2n) is 5.91. The monoisotopic (exact) mass is 318 g/mol. The van der Waals surface area contributed by atoms with Crippen molar-refractivity contribution in [1.29, 1.82) is 0 Å². The van der Waals surface area contributed by atoms with Crippen LogP contribution in [0.1, 0.15) is 25.7 Å². The molecular weight excluding hydrogens is 300 g/mol. The van der Waals surface area contributed by atoms with E-state index in [2.05, 4.69) is 10.6 Å². The standard InChI is InChI=1S/C16H18N2O5/c19-13(12-2-1-9-23-12)17-10-3-5-11(6-4-10)18-14(20)16(7-8-16)15(21)22/h3-6,12H,1-2,7-9H2,(H,17,19)(H,18,20)(H,21,22)/t12-/m0/s1. The zero-order valence-electron chi connectivity index (χ0n) is 12.5. The molecule has 0 unspecified atom stereocenters. The Labute approximate surface area is 133 Å². The molecule has 0 bridgehead atoms. The average molecular weight is 318 g/mol. The fourth-order valence-electron chi connectivity index (χ4n) is 2.56. The van der Waals surface area contributed by atoms with Gasteiger partial charge in [0.2, 0.25) is 5.91 Å². The van der Waals surface area contributed by atoms with Crippen LogP contribution < -0.4 is 10.6 Å². The molecule has 0 radical (unpaired) electrons. The van der Waals surface area contributed by atoms with Crippen LogP contribution >= 0.6 is 0 Å². The summed E-state index contributed by atoms with van der Waals surface area (Å²) in [6.07, 6.45) is 1.93. The Morgan fingerprint density at radius 1 is 1.09 bits per heavy atom. The molecule has 1 aliphatic carbocycles. The molecule has 1 aliphatic heterocycles. The molecule has 1 atom stereocenters. The predicted molar refractivity (Wildman–Crippen MR) is 82.0 cm³/mol. The highest BCUT2D eigenvalue weighted by molar-refractivity contribution is 6.10. The van der Waals surface area contributed by atoms with Crippen LogP contribution in [0, 0.1) is 5.41 Å². The molecule has 1 aromatic rings. The summed E-state index contributed by atoms with van der Waals surface area (Å²) in [5, 5.41) is 14.4. The van der Waals surface area contributed by atoms with E-state index in [1.807, 2.05) is 0 Å². The van der Waals surface area contributed by atoms with Gasteiger partial charge < -0.3 is 20.5 Å². The summed E-state index contributed by atoms with van der Waals surface area (Å²) in [6, 6.07) is 6.56. The Bertz CT molecular complexity index is 630. The quantitative estimate of drug-likeness (QED) is 0.715. The third kappa shape index (κ3) is 3.19. The first-order valence-corrected chi connectivity index (χ1v) is 7.59. The minimum absolute atomic E-state index is 0.179. The lowest BCUT2D eigenvalue weighted by molar-refractivity contribution is -0.147. The van der Waals surface area contributed by atoms with Crippen LogP contribution in [-0.2, 0) is 19.1 Å². The van der Waals surface area contributed by atoms with Gasteiger partial charge in [0.15, 0.2) is 0 Å². The van der Waals surface area contributed by atoms with E-state index >= 15 is 0 Å². The van der Waals surface area contributed by atoms with Gasteiger partial charge >= 0.3 is 5.97 Å². The minimum Gasteiger partial charge on any atom is -0.480 e. The number of nitrogens with one attached hydrogen (secondary N) is 2. The maximum atomic E-state index is 12.0. The number of carbonyl (C=O) groups is 3. The van der Waals surface area contributed by atoms with Crippen molar-refractivity contribution >= 4 is 29.2 Å². The molecule has 0 aromatic heterocycles.